The maximum Gasteiger partial charge on any atom is 0.250 e. The van der Waals surface area contributed by atoms with Crippen molar-refractivity contribution in [2.75, 3.05) is 34.4 Å². The third-order valence-corrected chi connectivity index (χ3v) is 4.57. The van der Waals surface area contributed by atoms with E-state index in [-0.39, 0.29) is 29.5 Å². The topological polar surface area (TPSA) is 68.1 Å². The summed E-state index contributed by atoms with van der Waals surface area (Å²) in [5.74, 6) is 2.41. The van der Waals surface area contributed by atoms with E-state index in [0.717, 1.165) is 42.4 Å². The predicted molar refractivity (Wildman–Crippen MR) is 132 cm³/mol. The van der Waals surface area contributed by atoms with Crippen LogP contribution in [0.3, 0.4) is 0 Å². The Labute approximate surface area is 196 Å². The Kier molecular flexibility index (Phi) is 12.0. The Morgan fingerprint density at radius 1 is 1.17 bits per heavy atom. The lowest BCUT2D eigenvalue weighted by atomic mass is 10.2. The van der Waals surface area contributed by atoms with Crippen molar-refractivity contribution in [1.82, 2.24) is 14.8 Å². The first-order chi connectivity index (χ1) is 14.1. The average molecular weight is 528 g/mol. The molecule has 0 saturated heterocycles. The summed E-state index contributed by atoms with van der Waals surface area (Å²) in [7, 11) is 5.31. The van der Waals surface area contributed by atoms with Gasteiger partial charge in [0.15, 0.2) is 5.96 Å². The van der Waals surface area contributed by atoms with Gasteiger partial charge in [-0.15, -0.1) is 24.0 Å². The van der Waals surface area contributed by atoms with E-state index in [0.29, 0.717) is 19.6 Å². The normalized spacial score (nSPS) is 10.9. The van der Waals surface area contributed by atoms with Crippen molar-refractivity contribution in [2.24, 2.45) is 4.99 Å². The molecule has 30 heavy (non-hydrogen) atoms. The van der Waals surface area contributed by atoms with E-state index in [4.69, 9.17) is 14.5 Å². The van der Waals surface area contributed by atoms with Crippen LogP contribution in [-0.4, -0.2) is 49.8 Å². The van der Waals surface area contributed by atoms with Gasteiger partial charge in [0.25, 0.3) is 0 Å². The number of hydrogen-bond donors (Lipinski definition) is 1. The number of aliphatic imine (C=N–C) groups is 1. The summed E-state index contributed by atoms with van der Waals surface area (Å²) < 4.78 is 12.5. The van der Waals surface area contributed by atoms with E-state index in [1.807, 2.05) is 37.5 Å². The molecule has 0 aliphatic rings. The monoisotopic (exact) mass is 528 g/mol. The number of pyridine rings is 1. The van der Waals surface area contributed by atoms with Gasteiger partial charge in [0.1, 0.15) is 11.5 Å². The van der Waals surface area contributed by atoms with Crippen LogP contribution in [0.2, 0.25) is 0 Å². The number of ether oxygens (including phenoxy) is 2. The number of benzene rings is 1. The summed E-state index contributed by atoms with van der Waals surface area (Å²) in [6.45, 7) is 4.93. The molecule has 2 aromatic rings. The molecule has 0 atom stereocenters. The lowest BCUT2D eigenvalue weighted by molar-refractivity contribution is 0.382. The van der Waals surface area contributed by atoms with Crippen LogP contribution < -0.4 is 20.3 Å². The Balaban J connectivity index is 0.00000450. The number of nitrogens with zero attached hydrogens (tertiary/aromatic N) is 3. The van der Waals surface area contributed by atoms with Crippen LogP contribution in [0.5, 0.6) is 11.5 Å². The minimum Gasteiger partial charge on any atom is -0.497 e. The fourth-order valence-electron chi connectivity index (χ4n) is 3.01. The molecule has 0 unspecified atom stereocenters. The van der Waals surface area contributed by atoms with Gasteiger partial charge in [-0.3, -0.25) is 9.79 Å². The molecule has 0 amide bonds. The van der Waals surface area contributed by atoms with Gasteiger partial charge in [-0.05, 0) is 38.0 Å². The maximum atomic E-state index is 11.7. The second kappa shape index (κ2) is 13.9. The Morgan fingerprint density at radius 3 is 2.63 bits per heavy atom. The summed E-state index contributed by atoms with van der Waals surface area (Å²) in [6.07, 6.45) is 3.64. The van der Waals surface area contributed by atoms with Crippen LogP contribution in [0, 0.1) is 0 Å². The van der Waals surface area contributed by atoms with Gasteiger partial charge in [-0.1, -0.05) is 6.07 Å². The Hall–Kier alpha value is -2.23. The van der Waals surface area contributed by atoms with Crippen LogP contribution in [0.25, 0.3) is 0 Å². The van der Waals surface area contributed by atoms with Crippen molar-refractivity contribution in [2.45, 2.75) is 32.9 Å². The molecular weight excluding hydrogens is 495 g/mol. The molecule has 8 heteroatoms. The first kappa shape index (κ1) is 25.8. The number of hydrogen-bond acceptors (Lipinski definition) is 4. The van der Waals surface area contributed by atoms with Gasteiger partial charge < -0.3 is 24.3 Å². The fourth-order valence-corrected chi connectivity index (χ4v) is 3.01. The molecule has 0 aliphatic heterocycles. The molecule has 2 rings (SSSR count). The highest BCUT2D eigenvalue weighted by atomic mass is 127. The molecule has 1 aromatic carbocycles. The van der Waals surface area contributed by atoms with Crippen LogP contribution in [0.15, 0.2) is 52.4 Å². The standard InChI is InChI=1S/C22H32N4O3.HI/c1-5-23-22(24-13-7-9-15-26-14-8-6-10-21(26)27)25(2)17-18-11-12-19(28-3)16-20(18)29-4;/h6,8,10-12,14,16H,5,7,9,13,15,17H2,1-4H3,(H,23,24);1H. The van der Waals surface area contributed by atoms with Crippen LogP contribution >= 0.6 is 24.0 Å². The number of nitrogens with one attached hydrogen (secondary N) is 1. The van der Waals surface area contributed by atoms with E-state index in [1.54, 1.807) is 30.9 Å². The minimum atomic E-state index is 0. The molecule has 0 fully saturated rings. The Morgan fingerprint density at radius 2 is 1.97 bits per heavy atom. The van der Waals surface area contributed by atoms with Gasteiger partial charge in [-0.2, -0.15) is 0 Å². The molecule has 1 heterocycles. The lowest BCUT2D eigenvalue weighted by Crippen LogP contribution is -2.38. The van der Waals surface area contributed by atoms with Gasteiger partial charge in [0, 0.05) is 57.1 Å². The average Bonchev–Trinajstić information content (AvgIpc) is 2.74. The third-order valence-electron chi connectivity index (χ3n) is 4.57. The highest BCUT2D eigenvalue weighted by molar-refractivity contribution is 14.0. The van der Waals surface area contributed by atoms with E-state index in [9.17, 15) is 4.79 Å². The van der Waals surface area contributed by atoms with Gasteiger partial charge >= 0.3 is 0 Å². The summed E-state index contributed by atoms with van der Waals surface area (Å²) in [6, 6.07) is 11.1. The van der Waals surface area contributed by atoms with Gasteiger partial charge in [-0.25, -0.2) is 0 Å². The van der Waals surface area contributed by atoms with Crippen LogP contribution in [0.4, 0.5) is 0 Å². The van der Waals surface area contributed by atoms with Crippen molar-refractivity contribution in [1.29, 1.82) is 0 Å². The fraction of sp³-hybridized carbons (Fsp3) is 0.455. The highest BCUT2D eigenvalue weighted by Crippen LogP contribution is 2.25. The quantitative estimate of drug-likeness (QED) is 0.222. The second-order valence-corrected chi connectivity index (χ2v) is 6.71. The Bertz CT molecular complexity index is 854. The van der Waals surface area contributed by atoms with E-state index >= 15 is 0 Å². The number of rotatable bonds is 10. The largest absolute Gasteiger partial charge is 0.497 e. The molecule has 1 N–H and O–H groups in total. The summed E-state index contributed by atoms with van der Waals surface area (Å²) in [4.78, 5) is 18.5. The predicted octanol–water partition coefficient (Wildman–Crippen LogP) is 3.36. The van der Waals surface area contributed by atoms with Crippen molar-refractivity contribution in [3.63, 3.8) is 0 Å². The molecule has 0 bridgehead atoms. The zero-order valence-corrected chi connectivity index (χ0v) is 20.6. The number of aromatic nitrogens is 1. The SMILES string of the molecule is CCNC(=NCCCCn1ccccc1=O)N(C)Cc1ccc(OC)cc1OC.I. The van der Waals surface area contributed by atoms with Crippen molar-refractivity contribution < 1.29 is 9.47 Å². The maximum absolute atomic E-state index is 11.7. The number of halogens is 1. The summed E-state index contributed by atoms with van der Waals surface area (Å²) in [5, 5.41) is 3.34. The molecule has 0 radical (unpaired) electrons. The molecule has 0 saturated carbocycles. The van der Waals surface area contributed by atoms with Gasteiger partial charge in [0.05, 0.1) is 14.2 Å². The zero-order valence-electron chi connectivity index (χ0n) is 18.3. The molecular formula is C22H33IN4O3. The number of methoxy groups -OCH3 is 2. The zero-order chi connectivity index (χ0) is 21.1. The molecule has 0 aliphatic carbocycles. The van der Waals surface area contributed by atoms with E-state index in [2.05, 4.69) is 17.1 Å². The second-order valence-electron chi connectivity index (χ2n) is 6.71. The van der Waals surface area contributed by atoms with Crippen molar-refractivity contribution >= 4 is 29.9 Å². The first-order valence-electron chi connectivity index (χ1n) is 9.94. The molecule has 1 aromatic heterocycles. The molecule has 166 valence electrons. The minimum absolute atomic E-state index is 0. The third kappa shape index (κ3) is 7.89. The number of unbranched alkanes of at least 4 members (excludes halogenated alkanes) is 1. The van der Waals surface area contributed by atoms with Crippen LogP contribution in [0.1, 0.15) is 25.3 Å². The smallest absolute Gasteiger partial charge is 0.250 e. The first-order valence-corrected chi connectivity index (χ1v) is 9.94. The molecule has 0 spiro atoms. The summed E-state index contributed by atoms with van der Waals surface area (Å²) in [5.41, 5.74) is 1.10. The number of guanidine groups is 1. The van der Waals surface area contributed by atoms with Crippen molar-refractivity contribution in [3.05, 3.63) is 58.5 Å². The van der Waals surface area contributed by atoms with E-state index < -0.39 is 0 Å². The lowest BCUT2D eigenvalue weighted by Gasteiger charge is -2.23. The summed E-state index contributed by atoms with van der Waals surface area (Å²) >= 11 is 0. The number of aryl methyl sites for hydroxylation is 1. The van der Waals surface area contributed by atoms with Gasteiger partial charge in [0.2, 0.25) is 5.56 Å². The highest BCUT2D eigenvalue weighted by Gasteiger charge is 2.11. The van der Waals surface area contributed by atoms with Crippen molar-refractivity contribution in [3.8, 4) is 11.5 Å². The van der Waals surface area contributed by atoms with E-state index in [1.165, 1.54) is 0 Å². The van der Waals surface area contributed by atoms with Crippen LogP contribution in [-0.2, 0) is 13.1 Å². The molecule has 7 nitrogen and oxygen atoms in total.